The Kier molecular flexibility index (Phi) is 5.93. The molecule has 1 heterocycles. The van der Waals surface area contributed by atoms with Gasteiger partial charge in [0.15, 0.2) is 0 Å². The highest BCUT2D eigenvalue weighted by molar-refractivity contribution is 4.96. The van der Waals surface area contributed by atoms with Gasteiger partial charge in [-0.15, -0.1) is 0 Å². The van der Waals surface area contributed by atoms with Crippen molar-refractivity contribution in [1.82, 2.24) is 10.2 Å². The molecule has 0 amide bonds. The topological polar surface area (TPSA) is 24.5 Å². The molecule has 2 fully saturated rings. The molecule has 0 unspecified atom stereocenters. The van der Waals surface area contributed by atoms with Gasteiger partial charge >= 0.3 is 0 Å². The van der Waals surface area contributed by atoms with Crippen LogP contribution in [0.25, 0.3) is 0 Å². The minimum Gasteiger partial charge on any atom is -0.385 e. The predicted octanol–water partition coefficient (Wildman–Crippen LogP) is 2.41. The number of rotatable bonds is 6. The van der Waals surface area contributed by atoms with Crippen LogP contribution >= 0.6 is 0 Å². The Bertz CT molecular complexity index is 227. The summed E-state index contributed by atoms with van der Waals surface area (Å²) in [5, 5.41) is 3.84. The quantitative estimate of drug-likeness (QED) is 0.737. The van der Waals surface area contributed by atoms with Gasteiger partial charge in [-0.3, -0.25) is 0 Å². The first-order valence-corrected chi connectivity index (χ1v) is 7.81. The molecular weight excluding hydrogens is 224 g/mol. The lowest BCUT2D eigenvalue weighted by molar-refractivity contribution is 0.183. The van der Waals surface area contributed by atoms with Crippen molar-refractivity contribution in [2.45, 2.75) is 56.9 Å². The molecule has 18 heavy (non-hydrogen) atoms. The first-order valence-electron chi connectivity index (χ1n) is 7.81. The van der Waals surface area contributed by atoms with Crippen LogP contribution in [0.5, 0.6) is 0 Å². The number of hydrogen-bond acceptors (Lipinski definition) is 3. The maximum absolute atomic E-state index is 5.11. The van der Waals surface area contributed by atoms with Gasteiger partial charge in [-0.05, 0) is 58.2 Å². The van der Waals surface area contributed by atoms with Gasteiger partial charge in [0.1, 0.15) is 0 Å². The van der Waals surface area contributed by atoms with Crippen LogP contribution in [-0.4, -0.2) is 50.3 Å². The highest BCUT2D eigenvalue weighted by atomic mass is 16.5. The van der Waals surface area contributed by atoms with Crippen molar-refractivity contribution >= 4 is 0 Å². The summed E-state index contributed by atoms with van der Waals surface area (Å²) in [7, 11) is 1.80. The van der Waals surface area contributed by atoms with Gasteiger partial charge < -0.3 is 15.0 Å². The lowest BCUT2D eigenvalue weighted by atomic mass is 9.97. The van der Waals surface area contributed by atoms with Crippen molar-refractivity contribution in [1.29, 1.82) is 0 Å². The van der Waals surface area contributed by atoms with Crippen molar-refractivity contribution in [3.8, 4) is 0 Å². The molecule has 0 aromatic carbocycles. The number of ether oxygens (including phenoxy) is 1. The summed E-state index contributed by atoms with van der Waals surface area (Å²) in [6, 6.07) is 0. The molecule has 2 aliphatic rings. The smallest absolute Gasteiger partial charge is 0.0462 e. The average Bonchev–Trinajstić information content (AvgIpc) is 2.72. The SMILES string of the molecule is COCCCCCN1CCCNC2(CCCC2)C1. The molecule has 1 saturated heterocycles. The molecule has 0 bridgehead atoms. The third-order valence-corrected chi connectivity index (χ3v) is 4.56. The van der Waals surface area contributed by atoms with E-state index in [1.807, 2.05) is 0 Å². The van der Waals surface area contributed by atoms with Crippen LogP contribution in [0.4, 0.5) is 0 Å². The maximum Gasteiger partial charge on any atom is 0.0462 e. The zero-order valence-electron chi connectivity index (χ0n) is 12.0. The molecule has 3 heteroatoms. The monoisotopic (exact) mass is 254 g/mol. The number of nitrogens with one attached hydrogen (secondary N) is 1. The van der Waals surface area contributed by atoms with Crippen LogP contribution < -0.4 is 5.32 Å². The van der Waals surface area contributed by atoms with E-state index in [1.165, 1.54) is 77.5 Å². The molecule has 1 saturated carbocycles. The molecule has 1 N–H and O–H groups in total. The lowest BCUT2D eigenvalue weighted by Gasteiger charge is -2.33. The lowest BCUT2D eigenvalue weighted by Crippen LogP contribution is -2.49. The van der Waals surface area contributed by atoms with Crippen molar-refractivity contribution in [3.05, 3.63) is 0 Å². The molecule has 106 valence electrons. The van der Waals surface area contributed by atoms with Gasteiger partial charge in [0.2, 0.25) is 0 Å². The molecule has 1 aliphatic heterocycles. The number of nitrogens with zero attached hydrogens (tertiary/aromatic N) is 1. The number of hydrogen-bond donors (Lipinski definition) is 1. The van der Waals surface area contributed by atoms with Crippen LogP contribution in [0.3, 0.4) is 0 Å². The molecule has 0 aromatic rings. The van der Waals surface area contributed by atoms with Crippen molar-refractivity contribution in [2.75, 3.05) is 39.9 Å². The summed E-state index contributed by atoms with van der Waals surface area (Å²) in [6.45, 7) is 6.01. The van der Waals surface area contributed by atoms with E-state index in [2.05, 4.69) is 10.2 Å². The van der Waals surface area contributed by atoms with E-state index in [9.17, 15) is 0 Å². The Balaban J connectivity index is 1.70. The zero-order chi connectivity index (χ0) is 12.7. The van der Waals surface area contributed by atoms with Crippen LogP contribution in [0.2, 0.25) is 0 Å². The van der Waals surface area contributed by atoms with Crippen molar-refractivity contribution < 1.29 is 4.74 Å². The normalized spacial score (nSPS) is 24.5. The van der Waals surface area contributed by atoms with E-state index in [-0.39, 0.29) is 0 Å². The first kappa shape index (κ1) is 14.3. The molecule has 0 radical (unpaired) electrons. The second kappa shape index (κ2) is 7.46. The average molecular weight is 254 g/mol. The Morgan fingerprint density at radius 3 is 2.72 bits per heavy atom. The largest absolute Gasteiger partial charge is 0.385 e. The summed E-state index contributed by atoms with van der Waals surface area (Å²) < 4.78 is 5.11. The summed E-state index contributed by atoms with van der Waals surface area (Å²) in [5.74, 6) is 0. The van der Waals surface area contributed by atoms with Crippen LogP contribution in [0, 0.1) is 0 Å². The van der Waals surface area contributed by atoms with E-state index in [4.69, 9.17) is 4.74 Å². The Morgan fingerprint density at radius 2 is 1.94 bits per heavy atom. The van der Waals surface area contributed by atoms with E-state index < -0.39 is 0 Å². The molecule has 2 rings (SSSR count). The Morgan fingerprint density at radius 1 is 1.11 bits per heavy atom. The summed E-state index contributed by atoms with van der Waals surface area (Å²) in [5.41, 5.74) is 0.475. The molecule has 0 aromatic heterocycles. The zero-order valence-corrected chi connectivity index (χ0v) is 12.0. The van der Waals surface area contributed by atoms with Gasteiger partial charge in [-0.25, -0.2) is 0 Å². The summed E-state index contributed by atoms with van der Waals surface area (Å²) in [6.07, 6.45) is 10.8. The highest BCUT2D eigenvalue weighted by Gasteiger charge is 2.35. The van der Waals surface area contributed by atoms with Crippen LogP contribution in [0.1, 0.15) is 51.4 Å². The Hall–Kier alpha value is -0.120. The minimum absolute atomic E-state index is 0.475. The van der Waals surface area contributed by atoms with Gasteiger partial charge in [-0.1, -0.05) is 12.8 Å². The van der Waals surface area contributed by atoms with Gasteiger partial charge in [0, 0.05) is 25.8 Å². The van der Waals surface area contributed by atoms with Crippen LogP contribution in [0.15, 0.2) is 0 Å². The Labute approximate surface area is 112 Å². The molecular formula is C15H30N2O. The molecule has 1 aliphatic carbocycles. The van der Waals surface area contributed by atoms with E-state index in [0.29, 0.717) is 5.54 Å². The third kappa shape index (κ3) is 4.22. The second-order valence-corrected chi connectivity index (χ2v) is 6.10. The minimum atomic E-state index is 0.475. The van der Waals surface area contributed by atoms with Gasteiger partial charge in [0.25, 0.3) is 0 Å². The highest BCUT2D eigenvalue weighted by Crippen LogP contribution is 2.31. The van der Waals surface area contributed by atoms with E-state index in [0.717, 1.165) is 6.61 Å². The van der Waals surface area contributed by atoms with Crippen molar-refractivity contribution in [2.24, 2.45) is 0 Å². The fraction of sp³-hybridized carbons (Fsp3) is 1.00. The van der Waals surface area contributed by atoms with Crippen molar-refractivity contribution in [3.63, 3.8) is 0 Å². The molecule has 0 atom stereocenters. The van der Waals surface area contributed by atoms with Gasteiger partial charge in [-0.2, -0.15) is 0 Å². The molecule has 1 spiro atoms. The standard InChI is InChI=1S/C15H30N2O/c1-18-13-6-2-5-11-17-12-7-10-16-15(14-17)8-3-4-9-15/h16H,2-14H2,1H3. The maximum atomic E-state index is 5.11. The fourth-order valence-corrected chi connectivity index (χ4v) is 3.56. The summed E-state index contributed by atoms with van der Waals surface area (Å²) >= 11 is 0. The molecule has 3 nitrogen and oxygen atoms in total. The number of unbranched alkanes of at least 4 members (excludes halogenated alkanes) is 2. The number of methoxy groups -OCH3 is 1. The fourth-order valence-electron chi connectivity index (χ4n) is 3.56. The predicted molar refractivity (Wildman–Crippen MR) is 76.0 cm³/mol. The third-order valence-electron chi connectivity index (χ3n) is 4.56. The first-order chi connectivity index (χ1) is 8.85. The van der Waals surface area contributed by atoms with Crippen LogP contribution in [-0.2, 0) is 4.74 Å². The van der Waals surface area contributed by atoms with Gasteiger partial charge in [0.05, 0.1) is 0 Å². The van der Waals surface area contributed by atoms with E-state index >= 15 is 0 Å². The summed E-state index contributed by atoms with van der Waals surface area (Å²) in [4.78, 5) is 2.71. The van der Waals surface area contributed by atoms with E-state index in [1.54, 1.807) is 7.11 Å². The second-order valence-electron chi connectivity index (χ2n) is 6.10.